The first kappa shape index (κ1) is 24.7. The van der Waals surface area contributed by atoms with E-state index in [0.717, 1.165) is 24.5 Å². The molecule has 0 radical (unpaired) electrons. The molecule has 0 saturated carbocycles. The van der Waals surface area contributed by atoms with Crippen LogP contribution in [0.2, 0.25) is 10.0 Å². The maximum absolute atomic E-state index is 13.0. The van der Waals surface area contributed by atoms with E-state index in [1.807, 2.05) is 12.1 Å². The molecule has 0 bridgehead atoms. The van der Waals surface area contributed by atoms with Gasteiger partial charge in [0.1, 0.15) is 5.82 Å². The summed E-state index contributed by atoms with van der Waals surface area (Å²) in [5, 5.41) is 6.34. The van der Waals surface area contributed by atoms with Crippen LogP contribution in [0, 0.1) is 5.92 Å². The van der Waals surface area contributed by atoms with Crippen molar-refractivity contribution in [1.29, 1.82) is 0 Å². The average Bonchev–Trinajstić information content (AvgIpc) is 2.81. The number of pyridine rings is 1. The lowest BCUT2D eigenvalue weighted by Crippen LogP contribution is -2.45. The first-order valence-corrected chi connectivity index (χ1v) is 11.9. The van der Waals surface area contributed by atoms with Crippen molar-refractivity contribution in [3.8, 4) is 0 Å². The minimum Gasteiger partial charge on any atom is -0.321 e. The van der Waals surface area contributed by atoms with Gasteiger partial charge in [-0.3, -0.25) is 19.1 Å². The number of rotatable bonds is 5. The molecule has 35 heavy (non-hydrogen) atoms. The summed E-state index contributed by atoms with van der Waals surface area (Å²) in [6, 6.07) is 15.4. The standard InChI is InChI=1S/C26H25Cl2N5O2/c1-16-14-32(2)26(33(3)15-16)18-6-4-17(5-7-18)24(34)30-22-10-8-19(27)12-21(22)25(35)31-23-11-9-20(28)13-29-23/h4-13,16H,14-15H2,1-3H3,(H-,29,30,31,34,35)/p+1. The predicted molar refractivity (Wildman–Crippen MR) is 140 cm³/mol. The highest BCUT2D eigenvalue weighted by molar-refractivity contribution is 6.31. The molecule has 4 rings (SSSR count). The molecule has 1 aromatic heterocycles. The van der Waals surface area contributed by atoms with E-state index in [1.165, 1.54) is 12.3 Å². The van der Waals surface area contributed by atoms with Crippen LogP contribution in [0.25, 0.3) is 0 Å². The van der Waals surface area contributed by atoms with Crippen LogP contribution < -0.4 is 10.6 Å². The number of benzene rings is 2. The molecule has 2 amide bonds. The zero-order valence-electron chi connectivity index (χ0n) is 19.7. The zero-order valence-corrected chi connectivity index (χ0v) is 21.2. The smallest absolute Gasteiger partial charge is 0.278 e. The topological polar surface area (TPSA) is 77.3 Å². The molecule has 0 fully saturated rings. The van der Waals surface area contributed by atoms with Gasteiger partial charge in [0.15, 0.2) is 0 Å². The summed E-state index contributed by atoms with van der Waals surface area (Å²) in [6.45, 7) is 4.19. The Morgan fingerprint density at radius 2 is 1.71 bits per heavy atom. The van der Waals surface area contributed by atoms with Gasteiger partial charge in [-0.05, 0) is 54.6 Å². The number of aromatic nitrogens is 1. The van der Waals surface area contributed by atoms with Gasteiger partial charge in [-0.25, -0.2) is 4.98 Å². The van der Waals surface area contributed by atoms with Crippen molar-refractivity contribution in [1.82, 2.24) is 9.88 Å². The van der Waals surface area contributed by atoms with Crippen molar-refractivity contribution in [2.24, 2.45) is 5.92 Å². The van der Waals surface area contributed by atoms with Gasteiger partial charge in [-0.1, -0.05) is 30.1 Å². The van der Waals surface area contributed by atoms with Crippen molar-refractivity contribution >= 4 is 52.4 Å². The molecule has 0 spiro atoms. The second-order valence-electron chi connectivity index (χ2n) is 8.73. The summed E-state index contributed by atoms with van der Waals surface area (Å²) in [7, 11) is 4.16. The van der Waals surface area contributed by atoms with Crippen LogP contribution >= 0.6 is 23.2 Å². The lowest BCUT2D eigenvalue weighted by atomic mass is 10.0. The van der Waals surface area contributed by atoms with Crippen molar-refractivity contribution in [3.63, 3.8) is 0 Å². The van der Waals surface area contributed by atoms with Crippen molar-refractivity contribution in [2.45, 2.75) is 6.92 Å². The third-order valence-electron chi connectivity index (χ3n) is 5.74. The first-order chi connectivity index (χ1) is 16.7. The summed E-state index contributed by atoms with van der Waals surface area (Å²) in [4.78, 5) is 32.2. The Morgan fingerprint density at radius 1 is 1.00 bits per heavy atom. The maximum atomic E-state index is 13.0. The molecule has 2 heterocycles. The van der Waals surface area contributed by atoms with Gasteiger partial charge >= 0.3 is 0 Å². The minimum absolute atomic E-state index is 0.217. The van der Waals surface area contributed by atoms with Crippen LogP contribution in [0.15, 0.2) is 60.8 Å². The fourth-order valence-corrected chi connectivity index (χ4v) is 4.59. The third-order valence-corrected chi connectivity index (χ3v) is 6.20. The van der Waals surface area contributed by atoms with E-state index in [9.17, 15) is 9.59 Å². The molecule has 7 nitrogen and oxygen atoms in total. The molecular formula is C26H26Cl2N5O2+. The Balaban J connectivity index is 1.52. The number of nitrogens with one attached hydrogen (secondary N) is 2. The fourth-order valence-electron chi connectivity index (χ4n) is 4.31. The highest BCUT2D eigenvalue weighted by Crippen LogP contribution is 2.23. The number of hydrogen-bond acceptors (Lipinski definition) is 4. The normalized spacial score (nSPS) is 15.7. The van der Waals surface area contributed by atoms with E-state index < -0.39 is 5.91 Å². The van der Waals surface area contributed by atoms with E-state index in [1.54, 1.807) is 36.4 Å². The number of nitrogens with zero attached hydrogens (tertiary/aromatic N) is 3. The highest BCUT2D eigenvalue weighted by atomic mass is 35.5. The molecule has 1 unspecified atom stereocenters. The molecular weight excluding hydrogens is 485 g/mol. The SMILES string of the molecule is CC1CN(C)C(c2ccc(C(=O)Nc3ccc(Cl)cc3C(=O)Nc3ccc(Cl)cn3)cc2)=[N+](C)C1. The molecule has 1 aliphatic heterocycles. The van der Waals surface area contributed by atoms with Crippen LogP contribution in [0.5, 0.6) is 0 Å². The van der Waals surface area contributed by atoms with Crippen molar-refractivity contribution in [2.75, 3.05) is 37.8 Å². The summed E-state index contributed by atoms with van der Waals surface area (Å²) in [5.74, 6) is 1.25. The Hall–Kier alpha value is -3.42. The van der Waals surface area contributed by atoms with E-state index in [0.29, 0.717) is 33.0 Å². The number of anilines is 2. The van der Waals surface area contributed by atoms with Gasteiger partial charge in [-0.2, -0.15) is 0 Å². The predicted octanol–water partition coefficient (Wildman–Crippen LogP) is 4.86. The fraction of sp³-hybridized carbons (Fsp3) is 0.231. The monoisotopic (exact) mass is 510 g/mol. The van der Waals surface area contributed by atoms with E-state index in [-0.39, 0.29) is 11.5 Å². The minimum atomic E-state index is -0.457. The van der Waals surface area contributed by atoms with E-state index in [2.05, 4.69) is 46.1 Å². The lowest BCUT2D eigenvalue weighted by molar-refractivity contribution is -0.515. The lowest BCUT2D eigenvalue weighted by Gasteiger charge is -2.26. The van der Waals surface area contributed by atoms with Crippen LogP contribution in [-0.2, 0) is 0 Å². The van der Waals surface area contributed by atoms with Crippen LogP contribution in [0.4, 0.5) is 11.5 Å². The number of carbonyl (C=O) groups is 2. The molecule has 2 aromatic carbocycles. The van der Waals surface area contributed by atoms with Crippen LogP contribution in [-0.4, -0.2) is 59.3 Å². The maximum Gasteiger partial charge on any atom is 0.278 e. The first-order valence-electron chi connectivity index (χ1n) is 11.1. The Bertz CT molecular complexity index is 1290. The van der Waals surface area contributed by atoms with Crippen LogP contribution in [0.1, 0.15) is 33.2 Å². The highest BCUT2D eigenvalue weighted by Gasteiger charge is 2.28. The molecule has 9 heteroatoms. The quantitative estimate of drug-likeness (QED) is 0.480. The zero-order chi connectivity index (χ0) is 25.1. The van der Waals surface area contributed by atoms with E-state index >= 15 is 0 Å². The number of halogens is 2. The van der Waals surface area contributed by atoms with E-state index in [4.69, 9.17) is 23.2 Å². The number of carbonyl (C=O) groups excluding carboxylic acids is 2. The Labute approximate surface area is 214 Å². The second-order valence-corrected chi connectivity index (χ2v) is 9.60. The largest absolute Gasteiger partial charge is 0.321 e. The number of hydrogen-bond donors (Lipinski definition) is 2. The summed E-state index contributed by atoms with van der Waals surface area (Å²) in [6.07, 6.45) is 1.43. The van der Waals surface area contributed by atoms with Gasteiger partial charge in [0.25, 0.3) is 17.6 Å². The molecule has 0 aliphatic carbocycles. The van der Waals surface area contributed by atoms with Gasteiger partial charge in [0, 0.05) is 22.7 Å². The Kier molecular flexibility index (Phi) is 7.38. The molecule has 1 aliphatic rings. The van der Waals surface area contributed by atoms with Crippen molar-refractivity contribution in [3.05, 3.63) is 87.5 Å². The molecule has 1 atom stereocenters. The summed E-state index contributed by atoms with van der Waals surface area (Å²) >= 11 is 12.0. The van der Waals surface area contributed by atoms with Gasteiger partial charge in [0.05, 0.1) is 49.0 Å². The Morgan fingerprint density at radius 3 is 2.37 bits per heavy atom. The van der Waals surface area contributed by atoms with Gasteiger partial charge in [0.2, 0.25) is 0 Å². The molecule has 3 aromatic rings. The van der Waals surface area contributed by atoms with Crippen molar-refractivity contribution < 1.29 is 14.2 Å². The summed E-state index contributed by atoms with van der Waals surface area (Å²) in [5.41, 5.74) is 2.07. The molecule has 2 N–H and O–H groups in total. The van der Waals surface area contributed by atoms with Gasteiger partial charge < -0.3 is 10.6 Å². The second kappa shape index (κ2) is 10.5. The number of amides is 2. The van der Waals surface area contributed by atoms with Gasteiger partial charge in [-0.15, -0.1) is 0 Å². The average molecular weight is 511 g/mol. The third kappa shape index (κ3) is 5.81. The summed E-state index contributed by atoms with van der Waals surface area (Å²) < 4.78 is 2.23. The number of amidine groups is 1. The molecule has 0 saturated heterocycles. The molecule has 180 valence electrons. The van der Waals surface area contributed by atoms with Crippen LogP contribution in [0.3, 0.4) is 0 Å².